The van der Waals surface area contributed by atoms with E-state index >= 15 is 0 Å². The minimum Gasteiger partial charge on any atom is -0.489 e. The van der Waals surface area contributed by atoms with Crippen molar-refractivity contribution in [2.24, 2.45) is 11.8 Å². The SMILES string of the molecule is C1=C[C@H]2C[C@@H]1[C@H]1Oc3ccccc3[C@H]12. The lowest BCUT2D eigenvalue weighted by molar-refractivity contribution is 0.188. The highest BCUT2D eigenvalue weighted by atomic mass is 16.5. The summed E-state index contributed by atoms with van der Waals surface area (Å²) >= 11 is 0. The minimum absolute atomic E-state index is 0.447. The molecule has 1 saturated carbocycles. The topological polar surface area (TPSA) is 9.23 Å². The second-order valence-corrected chi connectivity index (χ2v) is 4.59. The Bertz CT molecular complexity index is 421. The van der Waals surface area contributed by atoms with Gasteiger partial charge in [0.25, 0.3) is 0 Å². The molecule has 1 nitrogen and oxygen atoms in total. The molecule has 0 N–H and O–H groups in total. The van der Waals surface area contributed by atoms with Crippen LogP contribution >= 0.6 is 0 Å². The van der Waals surface area contributed by atoms with Gasteiger partial charge in [-0.3, -0.25) is 0 Å². The van der Waals surface area contributed by atoms with Gasteiger partial charge in [-0.05, 0) is 18.4 Å². The third-order valence-electron chi connectivity index (χ3n) is 3.93. The first-order valence-corrected chi connectivity index (χ1v) is 5.37. The average Bonchev–Trinajstić information content (AvgIpc) is 2.88. The second kappa shape index (κ2) is 2.22. The van der Waals surface area contributed by atoms with Gasteiger partial charge in [0.1, 0.15) is 11.9 Å². The van der Waals surface area contributed by atoms with Crippen LogP contribution in [0.5, 0.6) is 5.75 Å². The van der Waals surface area contributed by atoms with Crippen molar-refractivity contribution in [2.45, 2.75) is 18.4 Å². The molecule has 2 aliphatic carbocycles. The van der Waals surface area contributed by atoms with E-state index in [-0.39, 0.29) is 0 Å². The zero-order valence-corrected chi connectivity index (χ0v) is 7.89. The van der Waals surface area contributed by atoms with E-state index in [0.29, 0.717) is 17.9 Å². The van der Waals surface area contributed by atoms with Gasteiger partial charge in [0.15, 0.2) is 0 Å². The first kappa shape index (κ1) is 7.10. The summed E-state index contributed by atoms with van der Waals surface area (Å²) in [5.74, 6) is 3.20. The van der Waals surface area contributed by atoms with Crippen LogP contribution in [0.25, 0.3) is 0 Å². The van der Waals surface area contributed by atoms with Crippen molar-refractivity contribution >= 4 is 0 Å². The Balaban J connectivity index is 1.89. The van der Waals surface area contributed by atoms with E-state index in [9.17, 15) is 0 Å². The Kier molecular flexibility index (Phi) is 1.13. The fraction of sp³-hybridized carbons (Fsp3) is 0.385. The van der Waals surface area contributed by atoms with Gasteiger partial charge in [0.05, 0.1) is 0 Å². The Morgan fingerprint density at radius 3 is 2.93 bits per heavy atom. The predicted octanol–water partition coefficient (Wildman–Crippen LogP) is 2.74. The van der Waals surface area contributed by atoms with Crippen LogP contribution in [0.15, 0.2) is 36.4 Å². The van der Waals surface area contributed by atoms with E-state index in [0.717, 1.165) is 11.7 Å². The molecular weight excluding hydrogens is 172 g/mol. The molecule has 1 fully saturated rings. The molecule has 70 valence electrons. The lowest BCUT2D eigenvalue weighted by Crippen LogP contribution is -2.22. The monoisotopic (exact) mass is 184 g/mol. The van der Waals surface area contributed by atoms with Crippen molar-refractivity contribution in [1.82, 2.24) is 0 Å². The molecular formula is C13H12O. The minimum atomic E-state index is 0.447. The third-order valence-corrected chi connectivity index (χ3v) is 3.93. The van der Waals surface area contributed by atoms with Crippen LogP contribution in [-0.4, -0.2) is 6.10 Å². The normalized spacial score (nSPS) is 40.9. The average molecular weight is 184 g/mol. The first-order valence-electron chi connectivity index (χ1n) is 5.37. The summed E-state index contributed by atoms with van der Waals surface area (Å²) in [4.78, 5) is 0. The quantitative estimate of drug-likeness (QED) is 0.563. The van der Waals surface area contributed by atoms with E-state index < -0.39 is 0 Å². The van der Waals surface area contributed by atoms with Crippen LogP contribution in [0.3, 0.4) is 0 Å². The maximum absolute atomic E-state index is 6.01. The molecule has 0 unspecified atom stereocenters. The predicted molar refractivity (Wildman–Crippen MR) is 54.3 cm³/mol. The number of ether oxygens (including phenoxy) is 1. The molecule has 0 aromatic heterocycles. The fourth-order valence-electron chi connectivity index (χ4n) is 3.35. The zero-order chi connectivity index (χ0) is 9.12. The van der Waals surface area contributed by atoms with Gasteiger partial charge in [-0.25, -0.2) is 0 Å². The van der Waals surface area contributed by atoms with E-state index in [1.54, 1.807) is 0 Å². The van der Waals surface area contributed by atoms with E-state index in [1.807, 2.05) is 0 Å². The number of hydrogen-bond donors (Lipinski definition) is 0. The molecule has 1 aliphatic heterocycles. The molecule has 0 radical (unpaired) electrons. The van der Waals surface area contributed by atoms with Gasteiger partial charge in [0.2, 0.25) is 0 Å². The van der Waals surface area contributed by atoms with Crippen LogP contribution in [0, 0.1) is 11.8 Å². The van der Waals surface area contributed by atoms with Crippen molar-refractivity contribution in [3.05, 3.63) is 42.0 Å². The molecule has 3 aliphatic rings. The Morgan fingerprint density at radius 1 is 1.07 bits per heavy atom. The van der Waals surface area contributed by atoms with E-state index in [1.165, 1.54) is 12.0 Å². The van der Waals surface area contributed by atoms with Crippen LogP contribution in [0.2, 0.25) is 0 Å². The van der Waals surface area contributed by atoms with Crippen molar-refractivity contribution < 1.29 is 4.74 Å². The molecule has 0 spiro atoms. The maximum Gasteiger partial charge on any atom is 0.123 e. The van der Waals surface area contributed by atoms with Gasteiger partial charge in [-0.1, -0.05) is 30.4 Å². The molecule has 0 amide bonds. The summed E-state index contributed by atoms with van der Waals surface area (Å²) in [6.45, 7) is 0. The summed E-state index contributed by atoms with van der Waals surface area (Å²) in [5.41, 5.74) is 1.44. The maximum atomic E-state index is 6.01. The molecule has 1 heterocycles. The molecule has 1 heteroatoms. The molecule has 4 atom stereocenters. The van der Waals surface area contributed by atoms with Crippen LogP contribution in [0.4, 0.5) is 0 Å². The lowest BCUT2D eigenvalue weighted by atomic mass is 9.86. The number of benzene rings is 1. The van der Waals surface area contributed by atoms with Crippen LogP contribution in [0.1, 0.15) is 17.9 Å². The second-order valence-electron chi connectivity index (χ2n) is 4.59. The third kappa shape index (κ3) is 0.682. The number of hydrogen-bond acceptors (Lipinski definition) is 1. The standard InChI is InChI=1S/C13H12O/c1-2-4-11-10(3-1)12-8-5-6-9(7-8)13(12)14-11/h1-6,8-9,12-13H,7H2/t8-,9+,12+,13+/m0/s1. The van der Waals surface area contributed by atoms with Gasteiger partial charge in [0, 0.05) is 17.4 Å². The van der Waals surface area contributed by atoms with Crippen molar-refractivity contribution in [1.29, 1.82) is 0 Å². The van der Waals surface area contributed by atoms with Gasteiger partial charge in [-0.15, -0.1) is 0 Å². The molecule has 2 bridgehead atoms. The number of fused-ring (bicyclic) bond motifs is 7. The Hall–Kier alpha value is -1.24. The highest BCUT2D eigenvalue weighted by Gasteiger charge is 2.50. The fourth-order valence-corrected chi connectivity index (χ4v) is 3.35. The summed E-state index contributed by atoms with van der Waals surface area (Å²) in [6, 6.07) is 8.52. The summed E-state index contributed by atoms with van der Waals surface area (Å²) in [5, 5.41) is 0. The number of rotatable bonds is 0. The summed E-state index contributed by atoms with van der Waals surface area (Å²) < 4.78 is 6.01. The molecule has 14 heavy (non-hydrogen) atoms. The van der Waals surface area contributed by atoms with Crippen molar-refractivity contribution in [2.75, 3.05) is 0 Å². The first-order chi connectivity index (χ1) is 6.93. The van der Waals surface area contributed by atoms with Crippen molar-refractivity contribution in [3.63, 3.8) is 0 Å². The number of allylic oxidation sites excluding steroid dienone is 1. The summed E-state index contributed by atoms with van der Waals surface area (Å²) in [7, 11) is 0. The highest BCUT2D eigenvalue weighted by molar-refractivity contribution is 5.45. The van der Waals surface area contributed by atoms with Gasteiger partial charge >= 0.3 is 0 Å². The molecule has 0 saturated heterocycles. The molecule has 4 rings (SSSR count). The summed E-state index contributed by atoms with van der Waals surface area (Å²) in [6.07, 6.45) is 6.49. The van der Waals surface area contributed by atoms with E-state index in [2.05, 4.69) is 36.4 Å². The Labute approximate surface area is 83.4 Å². The number of para-hydroxylation sites is 1. The molecule has 1 aromatic rings. The zero-order valence-electron chi connectivity index (χ0n) is 7.89. The van der Waals surface area contributed by atoms with Crippen LogP contribution in [-0.2, 0) is 0 Å². The molecule has 1 aromatic carbocycles. The Morgan fingerprint density at radius 2 is 1.93 bits per heavy atom. The van der Waals surface area contributed by atoms with Gasteiger partial charge < -0.3 is 4.74 Å². The highest BCUT2D eigenvalue weighted by Crippen LogP contribution is 2.56. The van der Waals surface area contributed by atoms with E-state index in [4.69, 9.17) is 4.74 Å². The van der Waals surface area contributed by atoms with Gasteiger partial charge in [-0.2, -0.15) is 0 Å². The van der Waals surface area contributed by atoms with Crippen molar-refractivity contribution in [3.8, 4) is 5.75 Å². The lowest BCUT2D eigenvalue weighted by Gasteiger charge is -2.19. The largest absolute Gasteiger partial charge is 0.489 e. The van der Waals surface area contributed by atoms with Crippen LogP contribution < -0.4 is 4.74 Å². The smallest absolute Gasteiger partial charge is 0.123 e.